The Morgan fingerprint density at radius 1 is 0.439 bits per heavy atom. The molecule has 0 aromatic heterocycles. The molecular weight excluding hydrogens is 513 g/mol. The van der Waals surface area contributed by atoms with Crippen molar-refractivity contribution >= 4 is 53.9 Å². The van der Waals surface area contributed by atoms with Gasteiger partial charge in [-0.15, -0.1) is 0 Å². The van der Waals surface area contributed by atoms with E-state index in [1.165, 1.54) is 61.1 Å². The van der Waals surface area contributed by atoms with Gasteiger partial charge in [0.15, 0.2) is 0 Å². The Balaban J connectivity index is 1.46. The van der Waals surface area contributed by atoms with E-state index in [9.17, 15) is 13.2 Å². The molecule has 0 amide bonds. The zero-order valence-electron chi connectivity index (χ0n) is 22.2. The van der Waals surface area contributed by atoms with Crippen molar-refractivity contribution in [1.29, 1.82) is 0 Å². The highest BCUT2D eigenvalue weighted by Crippen LogP contribution is 2.46. The van der Waals surface area contributed by atoms with Crippen LogP contribution in [0.15, 0.2) is 121 Å². The van der Waals surface area contributed by atoms with Gasteiger partial charge in [-0.1, -0.05) is 109 Å². The van der Waals surface area contributed by atoms with Gasteiger partial charge in [-0.3, -0.25) is 0 Å². The lowest BCUT2D eigenvalue weighted by molar-refractivity contribution is -0.137. The molecule has 0 heterocycles. The molecule has 0 saturated carbocycles. The fourth-order valence-electron chi connectivity index (χ4n) is 6.75. The van der Waals surface area contributed by atoms with Crippen LogP contribution in [-0.4, -0.2) is 0 Å². The van der Waals surface area contributed by atoms with E-state index in [0.717, 1.165) is 32.7 Å². The first-order valence-corrected chi connectivity index (χ1v) is 13.7. The molecule has 8 aromatic carbocycles. The second-order valence-electron chi connectivity index (χ2n) is 10.8. The first-order valence-electron chi connectivity index (χ1n) is 13.7. The molecule has 0 aliphatic rings. The summed E-state index contributed by atoms with van der Waals surface area (Å²) in [4.78, 5) is 0. The molecular formula is C38H23F3. The molecule has 196 valence electrons. The average Bonchev–Trinajstić information content (AvgIpc) is 3.00. The smallest absolute Gasteiger partial charge is 0.166 e. The Morgan fingerprint density at radius 2 is 0.902 bits per heavy atom. The second kappa shape index (κ2) is 8.55. The van der Waals surface area contributed by atoms with Gasteiger partial charge in [-0.05, 0) is 101 Å². The number of aryl methyl sites for hydroxylation is 1. The van der Waals surface area contributed by atoms with E-state index >= 15 is 0 Å². The highest BCUT2D eigenvalue weighted by atomic mass is 19.4. The summed E-state index contributed by atoms with van der Waals surface area (Å²) < 4.78 is 39.7. The van der Waals surface area contributed by atoms with Crippen molar-refractivity contribution in [3.63, 3.8) is 0 Å². The number of fused-ring (bicyclic) bond motifs is 2. The Hall–Kier alpha value is -4.89. The summed E-state index contributed by atoms with van der Waals surface area (Å²) in [6, 6.07) is 39.9. The SMILES string of the molecule is Cc1c2ccccc2c(-c2ccc3ccc4c(-c5ccc(C(F)(F)F)cc5)ccc5ccc2c3c54)c2ccccc12. The van der Waals surface area contributed by atoms with Crippen LogP contribution < -0.4 is 0 Å². The van der Waals surface area contributed by atoms with Crippen LogP contribution in [0.4, 0.5) is 13.2 Å². The van der Waals surface area contributed by atoms with Gasteiger partial charge in [-0.2, -0.15) is 13.2 Å². The molecule has 0 fully saturated rings. The van der Waals surface area contributed by atoms with Crippen LogP contribution in [0, 0.1) is 6.92 Å². The number of rotatable bonds is 2. The lowest BCUT2D eigenvalue weighted by Crippen LogP contribution is -2.04. The second-order valence-corrected chi connectivity index (χ2v) is 10.8. The van der Waals surface area contributed by atoms with Crippen molar-refractivity contribution in [3.8, 4) is 22.3 Å². The summed E-state index contributed by atoms with van der Waals surface area (Å²) in [5, 5.41) is 11.7. The zero-order chi connectivity index (χ0) is 27.9. The summed E-state index contributed by atoms with van der Waals surface area (Å²) in [6.07, 6.45) is -4.36. The van der Waals surface area contributed by atoms with Crippen molar-refractivity contribution in [3.05, 3.63) is 132 Å². The van der Waals surface area contributed by atoms with Crippen molar-refractivity contribution in [2.45, 2.75) is 13.1 Å². The average molecular weight is 537 g/mol. The molecule has 0 unspecified atom stereocenters. The quantitative estimate of drug-likeness (QED) is 0.152. The van der Waals surface area contributed by atoms with Crippen LogP contribution >= 0.6 is 0 Å². The largest absolute Gasteiger partial charge is 0.416 e. The van der Waals surface area contributed by atoms with Gasteiger partial charge < -0.3 is 0 Å². The van der Waals surface area contributed by atoms with Crippen molar-refractivity contribution in [2.24, 2.45) is 0 Å². The normalized spacial score (nSPS) is 12.4. The summed E-state index contributed by atoms with van der Waals surface area (Å²) >= 11 is 0. The molecule has 0 aliphatic carbocycles. The maximum Gasteiger partial charge on any atom is 0.416 e. The van der Waals surface area contributed by atoms with Crippen LogP contribution in [0.5, 0.6) is 0 Å². The van der Waals surface area contributed by atoms with Gasteiger partial charge in [0.25, 0.3) is 0 Å². The van der Waals surface area contributed by atoms with Crippen LogP contribution in [-0.2, 0) is 6.18 Å². The summed E-state index contributed by atoms with van der Waals surface area (Å²) in [5.74, 6) is 0. The summed E-state index contributed by atoms with van der Waals surface area (Å²) in [5.41, 5.74) is 4.74. The Kier molecular flexibility index (Phi) is 5.00. The summed E-state index contributed by atoms with van der Waals surface area (Å²) in [7, 11) is 0. The Labute approximate surface area is 234 Å². The fraction of sp³-hybridized carbons (Fsp3) is 0.0526. The molecule has 0 radical (unpaired) electrons. The molecule has 0 aliphatic heterocycles. The topological polar surface area (TPSA) is 0 Å². The maximum atomic E-state index is 13.2. The van der Waals surface area contributed by atoms with Gasteiger partial charge in [0.2, 0.25) is 0 Å². The molecule has 41 heavy (non-hydrogen) atoms. The van der Waals surface area contributed by atoms with Gasteiger partial charge in [0.1, 0.15) is 0 Å². The molecule has 8 aromatic rings. The van der Waals surface area contributed by atoms with Gasteiger partial charge >= 0.3 is 6.18 Å². The third-order valence-corrected chi connectivity index (χ3v) is 8.66. The van der Waals surface area contributed by atoms with E-state index in [4.69, 9.17) is 0 Å². The minimum absolute atomic E-state index is 0.638. The highest BCUT2D eigenvalue weighted by molar-refractivity contribution is 6.29. The summed E-state index contributed by atoms with van der Waals surface area (Å²) in [6.45, 7) is 2.20. The Morgan fingerprint density at radius 3 is 1.44 bits per heavy atom. The molecule has 0 nitrogen and oxygen atoms in total. The standard InChI is InChI=1S/C38H23F3/c1-22-27-6-2-4-8-30(27)37(31-9-5-3-7-28(22)31)34-21-15-25-13-19-32-29(23-10-16-26(17-11-23)38(39,40)41)18-12-24-14-20-33(34)36(25)35(24)32/h2-21H,1H3. The fourth-order valence-corrected chi connectivity index (χ4v) is 6.75. The monoisotopic (exact) mass is 536 g/mol. The molecule has 0 spiro atoms. The number of halogens is 3. The van der Waals surface area contributed by atoms with Crippen LogP contribution in [0.1, 0.15) is 11.1 Å². The van der Waals surface area contributed by atoms with E-state index in [0.29, 0.717) is 0 Å². The third-order valence-electron chi connectivity index (χ3n) is 8.66. The first-order chi connectivity index (χ1) is 19.9. The van der Waals surface area contributed by atoms with Crippen molar-refractivity contribution in [1.82, 2.24) is 0 Å². The van der Waals surface area contributed by atoms with E-state index in [1.807, 2.05) is 6.07 Å². The van der Waals surface area contributed by atoms with Crippen LogP contribution in [0.25, 0.3) is 76.1 Å². The van der Waals surface area contributed by atoms with E-state index in [1.54, 1.807) is 12.1 Å². The third kappa shape index (κ3) is 3.48. The van der Waals surface area contributed by atoms with Gasteiger partial charge in [0, 0.05) is 0 Å². The predicted molar refractivity (Wildman–Crippen MR) is 166 cm³/mol. The minimum Gasteiger partial charge on any atom is -0.166 e. The van der Waals surface area contributed by atoms with E-state index in [2.05, 4.69) is 97.9 Å². The molecule has 0 bridgehead atoms. The first kappa shape index (κ1) is 24.0. The van der Waals surface area contributed by atoms with Crippen LogP contribution in [0.2, 0.25) is 0 Å². The number of hydrogen-bond acceptors (Lipinski definition) is 0. The van der Waals surface area contributed by atoms with Gasteiger partial charge in [0.05, 0.1) is 5.56 Å². The van der Waals surface area contributed by atoms with Gasteiger partial charge in [-0.25, -0.2) is 0 Å². The molecule has 3 heteroatoms. The molecule has 8 rings (SSSR count). The number of alkyl halides is 3. The van der Waals surface area contributed by atoms with Crippen molar-refractivity contribution < 1.29 is 13.2 Å². The zero-order valence-corrected chi connectivity index (χ0v) is 22.2. The van der Waals surface area contributed by atoms with E-state index in [-0.39, 0.29) is 0 Å². The Bertz CT molecular complexity index is 2230. The molecule has 0 atom stereocenters. The van der Waals surface area contributed by atoms with E-state index < -0.39 is 11.7 Å². The molecule has 0 N–H and O–H groups in total. The lowest BCUT2D eigenvalue weighted by Gasteiger charge is -2.19. The maximum absolute atomic E-state index is 13.2. The lowest BCUT2D eigenvalue weighted by atomic mass is 9.84. The highest BCUT2D eigenvalue weighted by Gasteiger charge is 2.30. The predicted octanol–water partition coefficient (Wildman–Crippen LogP) is 11.6. The molecule has 0 saturated heterocycles. The van der Waals surface area contributed by atoms with Crippen LogP contribution in [0.3, 0.4) is 0 Å². The minimum atomic E-state index is -4.36. The number of hydrogen-bond donors (Lipinski definition) is 0. The number of benzene rings is 8. The van der Waals surface area contributed by atoms with Crippen molar-refractivity contribution in [2.75, 3.05) is 0 Å².